The average Bonchev–Trinajstić information content (AvgIpc) is 3.24. The molecule has 1 aliphatic rings. The van der Waals surface area contributed by atoms with Crippen LogP contribution in [0.5, 0.6) is 17.2 Å². The maximum atomic E-state index is 6.39. The topological polar surface area (TPSA) is 109 Å². The molecule has 1 fully saturated rings. The first kappa shape index (κ1) is 24.0. The summed E-state index contributed by atoms with van der Waals surface area (Å²) < 4.78 is 24.3. The van der Waals surface area contributed by atoms with E-state index in [0.717, 1.165) is 43.9 Å². The van der Waals surface area contributed by atoms with Crippen LogP contribution >= 0.6 is 11.6 Å². The molecule has 0 aliphatic carbocycles. The number of halogens is 1. The fraction of sp³-hybridized carbons (Fsp3) is 0.333. The van der Waals surface area contributed by atoms with Gasteiger partial charge in [-0.15, -0.1) is 0 Å². The maximum absolute atomic E-state index is 6.39. The SMILES string of the molecule is COc1cc(Nc2ncnc(-n3c(Cl)nc4ccccc43)n2)cc(OCCN2CCOCC2)c1OC. The number of hydrogen-bond donors (Lipinski definition) is 1. The Balaban J connectivity index is 1.39. The summed E-state index contributed by atoms with van der Waals surface area (Å²) in [6.07, 6.45) is 1.41. The van der Waals surface area contributed by atoms with Crippen molar-refractivity contribution in [1.82, 2.24) is 29.4 Å². The van der Waals surface area contributed by atoms with Crippen LogP contribution in [0.1, 0.15) is 0 Å². The van der Waals surface area contributed by atoms with Gasteiger partial charge in [-0.3, -0.25) is 9.47 Å². The van der Waals surface area contributed by atoms with Crippen molar-refractivity contribution in [3.63, 3.8) is 0 Å². The van der Waals surface area contributed by atoms with Gasteiger partial charge in [0.1, 0.15) is 12.9 Å². The zero-order chi connectivity index (χ0) is 24.9. The summed E-state index contributed by atoms with van der Waals surface area (Å²) in [5, 5.41) is 3.46. The highest BCUT2D eigenvalue weighted by atomic mass is 35.5. The molecule has 1 aliphatic heterocycles. The number of nitrogens with zero attached hydrogens (tertiary/aromatic N) is 6. The number of morpholine rings is 1. The van der Waals surface area contributed by atoms with Crippen LogP contribution in [0.15, 0.2) is 42.7 Å². The third-order valence-electron chi connectivity index (χ3n) is 5.75. The van der Waals surface area contributed by atoms with E-state index in [1.54, 1.807) is 24.9 Å². The van der Waals surface area contributed by atoms with Gasteiger partial charge >= 0.3 is 0 Å². The van der Waals surface area contributed by atoms with Crippen LogP contribution in [-0.4, -0.2) is 83.1 Å². The molecule has 0 saturated carbocycles. The van der Waals surface area contributed by atoms with Crippen molar-refractivity contribution in [3.05, 3.63) is 48.0 Å². The molecule has 2 aromatic carbocycles. The van der Waals surface area contributed by atoms with E-state index < -0.39 is 0 Å². The number of imidazole rings is 1. The molecule has 0 amide bonds. The predicted molar refractivity (Wildman–Crippen MR) is 135 cm³/mol. The number of benzene rings is 2. The summed E-state index contributed by atoms with van der Waals surface area (Å²) in [5.41, 5.74) is 2.20. The van der Waals surface area contributed by atoms with E-state index in [1.807, 2.05) is 30.3 Å². The Morgan fingerprint density at radius 2 is 1.83 bits per heavy atom. The molecule has 0 bridgehead atoms. The fourth-order valence-corrected chi connectivity index (χ4v) is 4.25. The molecule has 3 heterocycles. The van der Waals surface area contributed by atoms with Crippen molar-refractivity contribution >= 4 is 34.3 Å². The quantitative estimate of drug-likeness (QED) is 0.359. The molecule has 0 atom stereocenters. The minimum atomic E-state index is 0.260. The van der Waals surface area contributed by atoms with Gasteiger partial charge in [-0.05, 0) is 23.7 Å². The number of ether oxygens (including phenoxy) is 4. The van der Waals surface area contributed by atoms with Gasteiger partial charge in [0.05, 0.1) is 38.5 Å². The Bertz CT molecular complexity index is 1340. The zero-order valence-electron chi connectivity index (χ0n) is 20.0. The van der Waals surface area contributed by atoms with Crippen LogP contribution in [-0.2, 0) is 4.74 Å². The Morgan fingerprint density at radius 1 is 1.03 bits per heavy atom. The number of fused-ring (bicyclic) bond motifs is 1. The van der Waals surface area contributed by atoms with Gasteiger partial charge in [-0.25, -0.2) is 15.0 Å². The summed E-state index contributed by atoms with van der Waals surface area (Å²) in [4.78, 5) is 19.8. The second-order valence-corrected chi connectivity index (χ2v) is 8.29. The first-order chi connectivity index (χ1) is 17.7. The van der Waals surface area contributed by atoms with Gasteiger partial charge in [0.2, 0.25) is 22.9 Å². The van der Waals surface area contributed by atoms with Crippen LogP contribution in [0.2, 0.25) is 5.28 Å². The minimum Gasteiger partial charge on any atom is -0.493 e. The lowest BCUT2D eigenvalue weighted by Crippen LogP contribution is -2.38. The molecule has 12 heteroatoms. The summed E-state index contributed by atoms with van der Waals surface area (Å²) in [6, 6.07) is 11.2. The van der Waals surface area contributed by atoms with Gasteiger partial charge in [-0.2, -0.15) is 4.98 Å². The lowest BCUT2D eigenvalue weighted by Gasteiger charge is -2.26. The Labute approximate surface area is 213 Å². The van der Waals surface area contributed by atoms with E-state index in [-0.39, 0.29) is 5.28 Å². The predicted octanol–water partition coefficient (Wildman–Crippen LogP) is 3.34. The zero-order valence-corrected chi connectivity index (χ0v) is 20.7. The summed E-state index contributed by atoms with van der Waals surface area (Å²) >= 11 is 6.39. The van der Waals surface area contributed by atoms with Crippen molar-refractivity contribution < 1.29 is 18.9 Å². The second-order valence-electron chi connectivity index (χ2n) is 7.95. The van der Waals surface area contributed by atoms with Crippen molar-refractivity contribution in [2.75, 3.05) is 59.0 Å². The normalized spacial score (nSPS) is 14.1. The van der Waals surface area contributed by atoms with Gasteiger partial charge in [0.15, 0.2) is 11.5 Å². The molecule has 11 nitrogen and oxygen atoms in total. The van der Waals surface area contributed by atoms with E-state index in [4.69, 9.17) is 30.5 Å². The third kappa shape index (κ3) is 5.13. The number of methoxy groups -OCH3 is 2. The molecule has 2 aromatic heterocycles. The fourth-order valence-electron chi connectivity index (χ4n) is 3.99. The minimum absolute atomic E-state index is 0.260. The van der Waals surface area contributed by atoms with Crippen LogP contribution in [0.25, 0.3) is 17.0 Å². The van der Waals surface area contributed by atoms with Crippen LogP contribution < -0.4 is 19.5 Å². The average molecular weight is 512 g/mol. The van der Waals surface area contributed by atoms with Crippen molar-refractivity contribution in [3.8, 4) is 23.2 Å². The number of nitrogens with one attached hydrogen (secondary N) is 1. The first-order valence-electron chi connectivity index (χ1n) is 11.4. The Hall–Kier alpha value is -3.67. The highest BCUT2D eigenvalue weighted by molar-refractivity contribution is 6.29. The second kappa shape index (κ2) is 10.9. The monoisotopic (exact) mass is 511 g/mol. The number of para-hydroxylation sites is 2. The Morgan fingerprint density at radius 3 is 2.64 bits per heavy atom. The largest absolute Gasteiger partial charge is 0.493 e. The third-order valence-corrected chi connectivity index (χ3v) is 6.00. The van der Waals surface area contributed by atoms with E-state index in [2.05, 4.69) is 30.2 Å². The van der Waals surface area contributed by atoms with Gasteiger partial charge in [-0.1, -0.05) is 12.1 Å². The van der Waals surface area contributed by atoms with E-state index >= 15 is 0 Å². The molecular weight excluding hydrogens is 486 g/mol. The van der Waals surface area contributed by atoms with Crippen molar-refractivity contribution in [2.24, 2.45) is 0 Å². The number of anilines is 2. The van der Waals surface area contributed by atoms with Crippen molar-refractivity contribution in [1.29, 1.82) is 0 Å². The standard InChI is InChI=1S/C24H26ClN7O4/c1-33-19-13-16(14-20(21(19)34-2)36-12-9-31-7-10-35-11-8-31)28-23-26-15-27-24(30-23)32-18-6-4-3-5-17(18)29-22(32)25/h3-6,13-15H,7-12H2,1-2H3,(H,26,27,28,30). The summed E-state index contributed by atoms with van der Waals surface area (Å²) in [5.74, 6) is 2.24. The van der Waals surface area contributed by atoms with E-state index in [9.17, 15) is 0 Å². The van der Waals surface area contributed by atoms with Crippen LogP contribution in [0.3, 0.4) is 0 Å². The molecule has 4 aromatic rings. The number of rotatable bonds is 9. The molecule has 1 N–H and O–H groups in total. The smallest absolute Gasteiger partial charge is 0.241 e. The molecule has 1 saturated heterocycles. The van der Waals surface area contributed by atoms with Crippen molar-refractivity contribution in [2.45, 2.75) is 0 Å². The Kier molecular flexibility index (Phi) is 7.31. The lowest BCUT2D eigenvalue weighted by molar-refractivity contribution is 0.0321. The first-order valence-corrected chi connectivity index (χ1v) is 11.8. The summed E-state index contributed by atoms with van der Waals surface area (Å²) in [7, 11) is 3.16. The maximum Gasteiger partial charge on any atom is 0.241 e. The molecule has 188 valence electrons. The van der Waals surface area contributed by atoms with Crippen LogP contribution in [0.4, 0.5) is 11.6 Å². The molecule has 36 heavy (non-hydrogen) atoms. The summed E-state index contributed by atoms with van der Waals surface area (Å²) in [6.45, 7) is 4.54. The molecule has 0 radical (unpaired) electrons. The number of hydrogen-bond acceptors (Lipinski definition) is 10. The van der Waals surface area contributed by atoms with E-state index in [1.165, 1.54) is 6.33 Å². The molecule has 0 spiro atoms. The van der Waals surface area contributed by atoms with Gasteiger partial charge in [0, 0.05) is 37.5 Å². The van der Waals surface area contributed by atoms with Crippen LogP contribution in [0, 0.1) is 0 Å². The molecule has 5 rings (SSSR count). The number of aromatic nitrogens is 5. The van der Waals surface area contributed by atoms with Gasteiger partial charge < -0.3 is 24.3 Å². The van der Waals surface area contributed by atoms with Gasteiger partial charge in [0.25, 0.3) is 0 Å². The lowest BCUT2D eigenvalue weighted by atomic mass is 10.2. The molecule has 0 unspecified atom stereocenters. The van der Waals surface area contributed by atoms with E-state index in [0.29, 0.717) is 41.4 Å². The highest BCUT2D eigenvalue weighted by Crippen LogP contribution is 2.40. The highest BCUT2D eigenvalue weighted by Gasteiger charge is 2.17. The molecular formula is C24H26ClN7O4.